The molecule has 3 nitrogen and oxygen atoms in total. The smallest absolute Gasteiger partial charge is 0.0593 e. The highest BCUT2D eigenvalue weighted by molar-refractivity contribution is 5.01. The number of rotatable bonds is 7. The molecule has 1 aliphatic carbocycles. The number of hydrogen-bond donors (Lipinski definition) is 1. The van der Waals surface area contributed by atoms with E-state index >= 15 is 0 Å². The summed E-state index contributed by atoms with van der Waals surface area (Å²) >= 11 is 0. The summed E-state index contributed by atoms with van der Waals surface area (Å²) in [5.74, 6) is 0.950. The molecule has 1 heterocycles. The molecule has 1 unspecified atom stereocenters. The third-order valence-corrected chi connectivity index (χ3v) is 5.00. The van der Waals surface area contributed by atoms with Crippen molar-refractivity contribution < 1.29 is 4.74 Å². The van der Waals surface area contributed by atoms with Crippen LogP contribution in [-0.2, 0) is 4.74 Å². The number of ether oxygens (including phenoxy) is 1. The first-order chi connectivity index (χ1) is 8.75. The van der Waals surface area contributed by atoms with Crippen LogP contribution in [0.1, 0.15) is 46.5 Å². The molecule has 0 radical (unpaired) electrons. The standard InChI is InChI=1S/C15H30N2O/c1-4-15(5-2)12-16-14(13-7-8-13)11-17(15)9-10-18-6-3/h13-14,16H,4-12H2,1-3H3. The van der Waals surface area contributed by atoms with E-state index in [1.165, 1.54) is 32.2 Å². The van der Waals surface area contributed by atoms with Gasteiger partial charge in [-0.05, 0) is 38.5 Å². The van der Waals surface area contributed by atoms with Crippen molar-refractivity contribution >= 4 is 0 Å². The normalized spacial score (nSPS) is 28.5. The first kappa shape index (κ1) is 14.3. The molecule has 0 aromatic heterocycles. The molecule has 1 saturated carbocycles. The van der Waals surface area contributed by atoms with E-state index in [4.69, 9.17) is 4.74 Å². The Hall–Kier alpha value is -0.120. The van der Waals surface area contributed by atoms with Gasteiger partial charge in [0, 0.05) is 37.8 Å². The van der Waals surface area contributed by atoms with Crippen molar-refractivity contribution in [2.75, 3.05) is 32.8 Å². The second-order valence-corrected chi connectivity index (χ2v) is 5.90. The lowest BCUT2D eigenvalue weighted by atomic mass is 9.86. The van der Waals surface area contributed by atoms with Gasteiger partial charge < -0.3 is 10.1 Å². The van der Waals surface area contributed by atoms with Crippen LogP contribution in [0.3, 0.4) is 0 Å². The summed E-state index contributed by atoms with van der Waals surface area (Å²) < 4.78 is 5.57. The molecule has 2 fully saturated rings. The van der Waals surface area contributed by atoms with E-state index < -0.39 is 0 Å². The maximum absolute atomic E-state index is 5.57. The van der Waals surface area contributed by atoms with Gasteiger partial charge >= 0.3 is 0 Å². The fourth-order valence-electron chi connectivity index (χ4n) is 3.34. The van der Waals surface area contributed by atoms with E-state index in [1.807, 2.05) is 0 Å². The van der Waals surface area contributed by atoms with E-state index in [1.54, 1.807) is 0 Å². The van der Waals surface area contributed by atoms with Gasteiger partial charge in [0.2, 0.25) is 0 Å². The molecule has 0 spiro atoms. The maximum atomic E-state index is 5.57. The number of hydrogen-bond acceptors (Lipinski definition) is 3. The molecule has 1 atom stereocenters. The number of nitrogens with zero attached hydrogens (tertiary/aromatic N) is 1. The molecule has 0 aromatic rings. The quantitative estimate of drug-likeness (QED) is 0.705. The molecule has 106 valence electrons. The second kappa shape index (κ2) is 6.36. The molecule has 2 aliphatic rings. The van der Waals surface area contributed by atoms with Crippen molar-refractivity contribution in [3.63, 3.8) is 0 Å². The van der Waals surface area contributed by atoms with Crippen LogP contribution >= 0.6 is 0 Å². The Morgan fingerprint density at radius 1 is 1.22 bits per heavy atom. The number of nitrogens with one attached hydrogen (secondary N) is 1. The Morgan fingerprint density at radius 2 is 1.94 bits per heavy atom. The summed E-state index contributed by atoms with van der Waals surface area (Å²) in [5.41, 5.74) is 0.364. The van der Waals surface area contributed by atoms with E-state index in [-0.39, 0.29) is 0 Å². The first-order valence-electron chi connectivity index (χ1n) is 7.82. The van der Waals surface area contributed by atoms with Crippen LogP contribution in [0.4, 0.5) is 0 Å². The van der Waals surface area contributed by atoms with Crippen molar-refractivity contribution in [3.05, 3.63) is 0 Å². The predicted octanol–water partition coefficient (Wildman–Crippen LogP) is 2.27. The van der Waals surface area contributed by atoms with Crippen LogP contribution in [0.2, 0.25) is 0 Å². The predicted molar refractivity (Wildman–Crippen MR) is 75.9 cm³/mol. The Kier molecular flexibility index (Phi) is 5.05. The average Bonchev–Trinajstić information content (AvgIpc) is 3.23. The lowest BCUT2D eigenvalue weighted by molar-refractivity contribution is 0.00319. The molecule has 0 bridgehead atoms. The largest absolute Gasteiger partial charge is 0.380 e. The van der Waals surface area contributed by atoms with Gasteiger partial charge in [0.1, 0.15) is 0 Å². The highest BCUT2D eigenvalue weighted by Crippen LogP contribution is 2.37. The summed E-state index contributed by atoms with van der Waals surface area (Å²) in [6, 6.07) is 0.734. The monoisotopic (exact) mass is 254 g/mol. The summed E-state index contributed by atoms with van der Waals surface area (Å²) in [7, 11) is 0. The van der Waals surface area contributed by atoms with Crippen molar-refractivity contribution in [2.24, 2.45) is 5.92 Å². The van der Waals surface area contributed by atoms with Crippen molar-refractivity contribution in [2.45, 2.75) is 58.0 Å². The minimum atomic E-state index is 0.364. The summed E-state index contributed by atoms with van der Waals surface area (Å²) in [6.45, 7) is 11.9. The van der Waals surface area contributed by atoms with Crippen LogP contribution in [0.5, 0.6) is 0 Å². The van der Waals surface area contributed by atoms with Crippen molar-refractivity contribution in [1.29, 1.82) is 0 Å². The van der Waals surface area contributed by atoms with Crippen LogP contribution in [0.25, 0.3) is 0 Å². The minimum absolute atomic E-state index is 0.364. The fraction of sp³-hybridized carbons (Fsp3) is 1.00. The highest BCUT2D eigenvalue weighted by Gasteiger charge is 2.42. The molecule has 1 saturated heterocycles. The van der Waals surface area contributed by atoms with Crippen LogP contribution in [0.15, 0.2) is 0 Å². The van der Waals surface area contributed by atoms with Crippen molar-refractivity contribution in [3.8, 4) is 0 Å². The van der Waals surface area contributed by atoms with E-state index in [2.05, 4.69) is 31.0 Å². The third-order valence-electron chi connectivity index (χ3n) is 5.00. The SMILES string of the molecule is CCOCCN1CC(C2CC2)NCC1(CC)CC. The van der Waals surface area contributed by atoms with Crippen LogP contribution < -0.4 is 5.32 Å². The second-order valence-electron chi connectivity index (χ2n) is 5.90. The van der Waals surface area contributed by atoms with Crippen molar-refractivity contribution in [1.82, 2.24) is 10.2 Å². The van der Waals surface area contributed by atoms with Gasteiger partial charge in [0.15, 0.2) is 0 Å². The van der Waals surface area contributed by atoms with Gasteiger partial charge in [0.05, 0.1) is 6.61 Å². The van der Waals surface area contributed by atoms with Gasteiger partial charge in [-0.3, -0.25) is 4.90 Å². The summed E-state index contributed by atoms with van der Waals surface area (Å²) in [6.07, 6.45) is 5.34. The van der Waals surface area contributed by atoms with Gasteiger partial charge in [-0.15, -0.1) is 0 Å². The molecule has 1 aliphatic heterocycles. The zero-order chi connectivity index (χ0) is 13.0. The van der Waals surface area contributed by atoms with Gasteiger partial charge in [-0.1, -0.05) is 13.8 Å². The Bertz CT molecular complexity index is 249. The highest BCUT2D eigenvalue weighted by atomic mass is 16.5. The molecular formula is C15H30N2O. The zero-order valence-electron chi connectivity index (χ0n) is 12.4. The Balaban J connectivity index is 1.95. The number of piperazine rings is 1. The molecular weight excluding hydrogens is 224 g/mol. The van der Waals surface area contributed by atoms with Gasteiger partial charge in [0.25, 0.3) is 0 Å². The van der Waals surface area contributed by atoms with E-state index in [0.29, 0.717) is 5.54 Å². The molecule has 18 heavy (non-hydrogen) atoms. The van der Waals surface area contributed by atoms with E-state index in [9.17, 15) is 0 Å². The summed E-state index contributed by atoms with van der Waals surface area (Å²) in [5, 5.41) is 3.81. The topological polar surface area (TPSA) is 24.5 Å². The summed E-state index contributed by atoms with van der Waals surface area (Å²) in [4.78, 5) is 2.71. The van der Waals surface area contributed by atoms with Crippen LogP contribution in [0, 0.1) is 5.92 Å². The van der Waals surface area contributed by atoms with Gasteiger partial charge in [-0.2, -0.15) is 0 Å². The minimum Gasteiger partial charge on any atom is -0.380 e. The fourth-order valence-corrected chi connectivity index (χ4v) is 3.34. The average molecular weight is 254 g/mol. The molecule has 2 rings (SSSR count). The lowest BCUT2D eigenvalue weighted by Gasteiger charge is -2.50. The first-order valence-corrected chi connectivity index (χ1v) is 7.82. The molecule has 1 N–H and O–H groups in total. The molecule has 0 amide bonds. The van der Waals surface area contributed by atoms with Crippen LogP contribution in [-0.4, -0.2) is 49.3 Å². The van der Waals surface area contributed by atoms with Gasteiger partial charge in [-0.25, -0.2) is 0 Å². The lowest BCUT2D eigenvalue weighted by Crippen LogP contribution is -2.65. The van der Waals surface area contributed by atoms with E-state index in [0.717, 1.165) is 38.3 Å². The molecule has 0 aromatic carbocycles. The molecule has 3 heteroatoms. The zero-order valence-corrected chi connectivity index (χ0v) is 12.4. The Morgan fingerprint density at radius 3 is 2.50 bits per heavy atom. The maximum Gasteiger partial charge on any atom is 0.0593 e. The Labute approximate surface area is 112 Å². The third kappa shape index (κ3) is 3.06.